The summed E-state index contributed by atoms with van der Waals surface area (Å²) in [7, 11) is 0. The Kier molecular flexibility index (Phi) is 1430. The average molecular weight is 217 g/mol. The molecule has 0 aliphatic carbocycles. The summed E-state index contributed by atoms with van der Waals surface area (Å²) < 4.78 is 0. The monoisotopic (exact) mass is 216 g/mol. The van der Waals surface area contributed by atoms with Gasteiger partial charge in [0.1, 0.15) is 0 Å². The molecular weight excluding hydrogens is 217 g/mol. The van der Waals surface area contributed by atoms with Gasteiger partial charge in [-0.25, -0.2) is 0 Å². The topological polar surface area (TPSA) is 85.5 Å². The Morgan fingerprint density at radius 1 is 0.667 bits per heavy atom. The van der Waals surface area contributed by atoms with Gasteiger partial charge in [0.05, 0.1) is 0 Å². The van der Waals surface area contributed by atoms with Crippen LogP contribution in [0, 0.1) is 0 Å². The maximum Gasteiger partial charge on any atom is 4.00 e. The average Bonchev–Trinajstić information content (AvgIpc) is 0. The molecule has 0 aromatic rings. The van der Waals surface area contributed by atoms with E-state index >= 15 is 0 Å². The molecule has 0 spiro atoms. The molecule has 0 bridgehead atoms. The van der Waals surface area contributed by atoms with Gasteiger partial charge in [0.15, 0.2) is 0 Å². The number of hydrogen-bond donors (Lipinski definition) is 0. The zero-order chi connectivity index (χ0) is 0. The summed E-state index contributed by atoms with van der Waals surface area (Å²) >= 11 is 0. The third-order valence-electron chi connectivity index (χ3n) is 0. The molecule has 0 aliphatic heterocycles. The molecule has 0 radical (unpaired) electrons. The molecule has 0 aliphatic rings. The van der Waals surface area contributed by atoms with Gasteiger partial charge in [-0.15, -0.1) is 0 Å². The van der Waals surface area contributed by atoms with Crippen LogP contribution in [0.3, 0.4) is 0 Å². The molecule has 0 saturated carbocycles. The van der Waals surface area contributed by atoms with Crippen LogP contribution in [0.15, 0.2) is 0 Å². The minimum atomic E-state index is 0. The number of rotatable bonds is 0. The van der Waals surface area contributed by atoms with Gasteiger partial charge in [0, 0.05) is 0 Å². The molecule has 0 N–H and O–H groups in total. The molecule has 0 atom stereocenters. The predicted octanol–water partition coefficient (Wildman–Crippen LogP) is -0.364. The molecule has 0 aromatic heterocycles. The first-order chi connectivity index (χ1) is 0. The van der Waals surface area contributed by atoms with Crippen molar-refractivity contribution < 1.29 is 74.7 Å². The van der Waals surface area contributed by atoms with Crippen LogP contribution in [0.4, 0.5) is 0 Å². The molecule has 30 valence electrons. The summed E-state index contributed by atoms with van der Waals surface area (Å²) in [6.07, 6.45) is 0. The van der Waals surface area contributed by atoms with Crippen molar-refractivity contribution >= 4 is 0 Å². The smallest absolute Gasteiger partial charge is 2.00 e. The SMILES string of the molecule is [Fe+2].[O-2].[O-2].[O-2].[Ti+4].[Zn+2]. The van der Waals surface area contributed by atoms with E-state index in [0.29, 0.717) is 0 Å². The first-order valence-corrected chi connectivity index (χ1v) is 0. The van der Waals surface area contributed by atoms with Gasteiger partial charge < -0.3 is 16.4 Å². The Hall–Kier alpha value is 1.74. The Bertz CT molecular complexity index is 10.8. The van der Waals surface area contributed by atoms with Gasteiger partial charge in [-0.3, -0.25) is 0 Å². The van der Waals surface area contributed by atoms with E-state index in [9.17, 15) is 0 Å². The van der Waals surface area contributed by atoms with E-state index in [1.165, 1.54) is 0 Å². The fraction of sp³-hybridized carbons (Fsp3) is 0. The van der Waals surface area contributed by atoms with Crippen LogP contribution in [-0.2, 0) is 74.7 Å². The van der Waals surface area contributed by atoms with Gasteiger partial charge in [-0.05, 0) is 0 Å². The second-order valence-electron chi connectivity index (χ2n) is 0. The Labute approximate surface area is 74.3 Å². The maximum absolute atomic E-state index is 0. The van der Waals surface area contributed by atoms with Crippen molar-refractivity contribution in [3.8, 4) is 0 Å². The minimum Gasteiger partial charge on any atom is -2.00 e. The van der Waals surface area contributed by atoms with Crippen molar-refractivity contribution in [3.63, 3.8) is 0 Å². The van der Waals surface area contributed by atoms with E-state index in [1.54, 1.807) is 0 Å². The second kappa shape index (κ2) is 73.5. The zero-order valence-electron chi connectivity index (χ0n) is 2.79. The number of hydrogen-bond acceptors (Lipinski definition) is 0. The van der Waals surface area contributed by atoms with Gasteiger partial charge >= 0.3 is 58.3 Å². The standard InChI is InChI=1S/Fe.3O.Ti.Zn/q+2;3*-2;+4;+2. The Balaban J connectivity index is 0. The van der Waals surface area contributed by atoms with E-state index < -0.39 is 0 Å². The molecule has 0 aromatic carbocycles. The van der Waals surface area contributed by atoms with Crippen molar-refractivity contribution in [2.75, 3.05) is 0 Å². The summed E-state index contributed by atoms with van der Waals surface area (Å²) in [5.74, 6) is 0. The zero-order valence-corrected chi connectivity index (χ0v) is 8.42. The molecule has 6 heavy (non-hydrogen) atoms. The fourth-order valence-corrected chi connectivity index (χ4v) is 0. The Morgan fingerprint density at radius 3 is 0.667 bits per heavy atom. The third kappa shape index (κ3) is 42.7. The first-order valence-electron chi connectivity index (χ1n) is 0. The normalized spacial score (nSPS) is 0. The molecular formula is FeO3TiZn+2. The van der Waals surface area contributed by atoms with Crippen molar-refractivity contribution in [3.05, 3.63) is 0 Å². The summed E-state index contributed by atoms with van der Waals surface area (Å²) in [6.45, 7) is 0. The van der Waals surface area contributed by atoms with Crippen molar-refractivity contribution in [2.45, 2.75) is 0 Å². The Morgan fingerprint density at radius 2 is 0.667 bits per heavy atom. The van der Waals surface area contributed by atoms with Crippen LogP contribution in [0.25, 0.3) is 0 Å². The van der Waals surface area contributed by atoms with Crippen LogP contribution >= 0.6 is 0 Å². The second-order valence-corrected chi connectivity index (χ2v) is 0. The predicted molar refractivity (Wildman–Crippen MR) is 2.06 cm³/mol. The third-order valence-corrected chi connectivity index (χ3v) is 0. The van der Waals surface area contributed by atoms with E-state index in [1.807, 2.05) is 0 Å². The van der Waals surface area contributed by atoms with Gasteiger partial charge in [0.25, 0.3) is 0 Å². The van der Waals surface area contributed by atoms with E-state index in [0.717, 1.165) is 0 Å². The quantitative estimate of drug-likeness (QED) is 0.496. The van der Waals surface area contributed by atoms with Crippen LogP contribution in [0.1, 0.15) is 0 Å². The molecule has 0 saturated heterocycles. The molecule has 0 amide bonds. The molecule has 0 unspecified atom stereocenters. The molecule has 3 nitrogen and oxygen atoms in total. The maximum atomic E-state index is 0. The fourth-order valence-electron chi connectivity index (χ4n) is 0. The summed E-state index contributed by atoms with van der Waals surface area (Å²) in [4.78, 5) is 0. The van der Waals surface area contributed by atoms with Gasteiger partial charge in [-0.2, -0.15) is 0 Å². The molecule has 0 fully saturated rings. The summed E-state index contributed by atoms with van der Waals surface area (Å²) in [5.41, 5.74) is 0. The van der Waals surface area contributed by atoms with Gasteiger partial charge in [0.2, 0.25) is 0 Å². The van der Waals surface area contributed by atoms with Crippen molar-refractivity contribution in [1.82, 2.24) is 0 Å². The van der Waals surface area contributed by atoms with Crippen LogP contribution in [0.2, 0.25) is 0 Å². The summed E-state index contributed by atoms with van der Waals surface area (Å²) in [5, 5.41) is 0. The van der Waals surface area contributed by atoms with E-state index in [4.69, 9.17) is 0 Å². The van der Waals surface area contributed by atoms with Crippen molar-refractivity contribution in [1.29, 1.82) is 0 Å². The van der Waals surface area contributed by atoms with Crippen LogP contribution in [0.5, 0.6) is 0 Å². The van der Waals surface area contributed by atoms with Crippen LogP contribution < -0.4 is 0 Å². The van der Waals surface area contributed by atoms with E-state index in [2.05, 4.69) is 0 Å². The first kappa shape index (κ1) is 116. The molecule has 6 heteroatoms. The largest absolute Gasteiger partial charge is 4.00 e. The van der Waals surface area contributed by atoms with Crippen LogP contribution in [-0.4, -0.2) is 0 Å². The van der Waals surface area contributed by atoms with E-state index in [-0.39, 0.29) is 74.7 Å². The molecule has 0 heterocycles. The van der Waals surface area contributed by atoms with Gasteiger partial charge in [-0.1, -0.05) is 0 Å². The summed E-state index contributed by atoms with van der Waals surface area (Å²) in [6, 6.07) is 0. The van der Waals surface area contributed by atoms with Crippen molar-refractivity contribution in [2.24, 2.45) is 0 Å². The minimum absolute atomic E-state index is 0. The molecule has 0 rings (SSSR count).